The van der Waals surface area contributed by atoms with Crippen LogP contribution in [0.4, 0.5) is 0 Å². The first-order valence-electron chi connectivity index (χ1n) is 6.37. The molecule has 2 aromatic rings. The molecular formula is C14H17ClN2O2S2. The lowest BCUT2D eigenvalue weighted by Crippen LogP contribution is -2.27. The lowest BCUT2D eigenvalue weighted by Gasteiger charge is -2.16. The van der Waals surface area contributed by atoms with Gasteiger partial charge >= 0.3 is 0 Å². The van der Waals surface area contributed by atoms with Gasteiger partial charge in [-0.3, -0.25) is 0 Å². The second kappa shape index (κ2) is 6.89. The van der Waals surface area contributed by atoms with Crippen LogP contribution in [-0.4, -0.2) is 19.8 Å². The average Bonchev–Trinajstić information content (AvgIpc) is 2.83. The topological polar surface area (TPSA) is 63.4 Å². The number of hydrogen-bond acceptors (Lipinski definition) is 4. The third-order valence-corrected chi connectivity index (χ3v) is 6.05. The van der Waals surface area contributed by atoms with Gasteiger partial charge in [0.25, 0.3) is 0 Å². The van der Waals surface area contributed by atoms with E-state index in [0.717, 1.165) is 16.0 Å². The van der Waals surface area contributed by atoms with Gasteiger partial charge in [0.1, 0.15) is 0 Å². The summed E-state index contributed by atoms with van der Waals surface area (Å²) in [6.45, 7) is 0.730. The molecule has 1 aromatic heterocycles. The largest absolute Gasteiger partial charge is 0.326 e. The first kappa shape index (κ1) is 16.5. The predicted octanol–water partition coefficient (Wildman–Crippen LogP) is 2.82. The molecule has 2 N–H and O–H groups in total. The SMILES string of the molecule is CN(Cc1ccc(Cl)s1)S(=O)(=O)Cc1cccc(CN)c1. The Morgan fingerprint density at radius 3 is 2.57 bits per heavy atom. The van der Waals surface area contributed by atoms with Gasteiger partial charge in [-0.05, 0) is 23.3 Å². The van der Waals surface area contributed by atoms with E-state index in [1.807, 2.05) is 24.3 Å². The monoisotopic (exact) mass is 344 g/mol. The molecule has 0 spiro atoms. The molecule has 0 saturated carbocycles. The Kier molecular flexibility index (Phi) is 5.40. The zero-order valence-electron chi connectivity index (χ0n) is 11.6. The Labute approximate surface area is 134 Å². The van der Waals surface area contributed by atoms with Crippen LogP contribution in [0.25, 0.3) is 0 Å². The first-order chi connectivity index (χ1) is 9.90. The minimum Gasteiger partial charge on any atom is -0.326 e. The Morgan fingerprint density at radius 1 is 1.24 bits per heavy atom. The molecule has 0 radical (unpaired) electrons. The molecule has 0 aliphatic heterocycles. The van der Waals surface area contributed by atoms with Crippen molar-refractivity contribution in [3.8, 4) is 0 Å². The van der Waals surface area contributed by atoms with Crippen LogP contribution >= 0.6 is 22.9 Å². The lowest BCUT2D eigenvalue weighted by atomic mass is 10.1. The molecular weight excluding hydrogens is 328 g/mol. The highest BCUT2D eigenvalue weighted by Crippen LogP contribution is 2.23. The maximum absolute atomic E-state index is 12.4. The fraction of sp³-hybridized carbons (Fsp3) is 0.286. The summed E-state index contributed by atoms with van der Waals surface area (Å²) in [5.74, 6) is -0.0313. The Bertz CT molecular complexity index is 713. The van der Waals surface area contributed by atoms with E-state index in [2.05, 4.69) is 0 Å². The van der Waals surface area contributed by atoms with Crippen molar-refractivity contribution in [2.75, 3.05) is 7.05 Å². The summed E-state index contributed by atoms with van der Waals surface area (Å²) in [5, 5.41) is 0. The van der Waals surface area contributed by atoms with E-state index in [0.29, 0.717) is 17.4 Å². The maximum atomic E-state index is 12.4. The van der Waals surface area contributed by atoms with Gasteiger partial charge in [-0.2, -0.15) is 4.31 Å². The van der Waals surface area contributed by atoms with Crippen molar-refractivity contribution < 1.29 is 8.42 Å². The quantitative estimate of drug-likeness (QED) is 0.876. The van der Waals surface area contributed by atoms with Crippen molar-refractivity contribution in [2.24, 2.45) is 5.73 Å². The van der Waals surface area contributed by atoms with Gasteiger partial charge in [-0.1, -0.05) is 35.9 Å². The summed E-state index contributed by atoms with van der Waals surface area (Å²) in [5.41, 5.74) is 7.25. The van der Waals surface area contributed by atoms with Gasteiger partial charge in [0.05, 0.1) is 10.1 Å². The Morgan fingerprint density at radius 2 is 1.95 bits per heavy atom. The van der Waals surface area contributed by atoms with Crippen molar-refractivity contribution in [1.82, 2.24) is 4.31 Å². The molecule has 1 heterocycles. The van der Waals surface area contributed by atoms with Crippen LogP contribution in [0.3, 0.4) is 0 Å². The molecule has 0 aliphatic rings. The molecule has 114 valence electrons. The molecule has 0 aliphatic carbocycles. The minimum absolute atomic E-state index is 0.0313. The third-order valence-electron chi connectivity index (χ3n) is 3.06. The number of hydrogen-bond donors (Lipinski definition) is 1. The van der Waals surface area contributed by atoms with Gasteiger partial charge in [0.2, 0.25) is 10.0 Å². The lowest BCUT2D eigenvalue weighted by molar-refractivity contribution is 0.469. The number of halogens is 1. The molecule has 7 heteroatoms. The van der Waals surface area contributed by atoms with Crippen LogP contribution in [0.5, 0.6) is 0 Å². The highest BCUT2D eigenvalue weighted by atomic mass is 35.5. The Hall–Kier alpha value is -0.920. The Balaban J connectivity index is 2.09. The van der Waals surface area contributed by atoms with Gasteiger partial charge in [0, 0.05) is 25.0 Å². The highest BCUT2D eigenvalue weighted by Gasteiger charge is 2.19. The van der Waals surface area contributed by atoms with Gasteiger partial charge in [-0.25, -0.2) is 8.42 Å². The first-order valence-corrected chi connectivity index (χ1v) is 9.17. The summed E-state index contributed by atoms with van der Waals surface area (Å²) in [6, 6.07) is 10.9. The number of sulfonamides is 1. The normalized spacial score (nSPS) is 12.0. The van der Waals surface area contributed by atoms with Crippen LogP contribution < -0.4 is 5.73 Å². The number of benzene rings is 1. The van der Waals surface area contributed by atoms with Gasteiger partial charge < -0.3 is 5.73 Å². The summed E-state index contributed by atoms with van der Waals surface area (Å²) >= 11 is 7.25. The minimum atomic E-state index is -3.37. The number of nitrogens with two attached hydrogens (primary N) is 1. The molecule has 0 amide bonds. The average molecular weight is 345 g/mol. The standard InChI is InChI=1S/C14H17ClN2O2S2/c1-17(9-13-5-6-14(15)20-13)21(18,19)10-12-4-2-3-11(7-12)8-16/h2-7H,8-10,16H2,1H3. The molecule has 2 rings (SSSR count). The van der Waals surface area contributed by atoms with Gasteiger partial charge in [0.15, 0.2) is 0 Å². The number of thiophene rings is 1. The molecule has 21 heavy (non-hydrogen) atoms. The highest BCUT2D eigenvalue weighted by molar-refractivity contribution is 7.88. The fourth-order valence-corrected chi connectivity index (χ4v) is 4.30. The van der Waals surface area contributed by atoms with Crippen molar-refractivity contribution in [2.45, 2.75) is 18.8 Å². The van der Waals surface area contributed by atoms with Crippen LogP contribution in [-0.2, 0) is 28.9 Å². The van der Waals surface area contributed by atoms with Crippen molar-refractivity contribution in [3.05, 3.63) is 56.7 Å². The van der Waals surface area contributed by atoms with Crippen molar-refractivity contribution in [3.63, 3.8) is 0 Å². The van der Waals surface area contributed by atoms with E-state index in [4.69, 9.17) is 17.3 Å². The summed E-state index contributed by atoms with van der Waals surface area (Å²) in [4.78, 5) is 0.918. The van der Waals surface area contributed by atoms with E-state index in [-0.39, 0.29) is 5.75 Å². The molecule has 0 atom stereocenters. The second-order valence-corrected chi connectivity index (χ2v) is 8.62. The molecule has 0 fully saturated rings. The van der Waals surface area contributed by atoms with Crippen LogP contribution in [0.1, 0.15) is 16.0 Å². The van der Waals surface area contributed by atoms with E-state index in [9.17, 15) is 8.42 Å². The van der Waals surface area contributed by atoms with Crippen LogP contribution in [0.15, 0.2) is 36.4 Å². The van der Waals surface area contributed by atoms with Crippen molar-refractivity contribution in [1.29, 1.82) is 0 Å². The van der Waals surface area contributed by atoms with E-state index in [1.165, 1.54) is 15.6 Å². The fourth-order valence-electron chi connectivity index (χ4n) is 1.92. The van der Waals surface area contributed by atoms with Crippen LogP contribution in [0.2, 0.25) is 4.34 Å². The van der Waals surface area contributed by atoms with E-state index < -0.39 is 10.0 Å². The third kappa shape index (κ3) is 4.52. The maximum Gasteiger partial charge on any atom is 0.218 e. The molecule has 4 nitrogen and oxygen atoms in total. The number of rotatable bonds is 6. The van der Waals surface area contributed by atoms with Crippen molar-refractivity contribution >= 4 is 33.0 Å². The van der Waals surface area contributed by atoms with Gasteiger partial charge in [-0.15, -0.1) is 11.3 Å². The van der Waals surface area contributed by atoms with Crippen LogP contribution in [0, 0.1) is 0 Å². The number of nitrogens with zero attached hydrogens (tertiary/aromatic N) is 1. The second-order valence-electron chi connectivity index (χ2n) is 4.74. The zero-order chi connectivity index (χ0) is 15.5. The smallest absolute Gasteiger partial charge is 0.218 e. The predicted molar refractivity (Wildman–Crippen MR) is 87.8 cm³/mol. The summed E-state index contributed by atoms with van der Waals surface area (Å²) in [7, 11) is -1.79. The van der Waals surface area contributed by atoms with E-state index in [1.54, 1.807) is 19.2 Å². The molecule has 0 saturated heterocycles. The molecule has 1 aromatic carbocycles. The summed E-state index contributed by atoms with van der Waals surface area (Å²) < 4.78 is 26.8. The molecule has 0 unspecified atom stereocenters. The molecule has 0 bridgehead atoms. The van der Waals surface area contributed by atoms with E-state index >= 15 is 0 Å². The zero-order valence-corrected chi connectivity index (χ0v) is 14.0. The summed E-state index contributed by atoms with van der Waals surface area (Å²) in [6.07, 6.45) is 0.